The van der Waals surface area contributed by atoms with E-state index in [4.69, 9.17) is 10.5 Å². The van der Waals surface area contributed by atoms with Crippen molar-refractivity contribution in [1.82, 2.24) is 14.8 Å². The van der Waals surface area contributed by atoms with Crippen LogP contribution in [0.5, 0.6) is 0 Å². The highest BCUT2D eigenvalue weighted by atomic mass is 16.5. The molecule has 0 bridgehead atoms. The average Bonchev–Trinajstić information content (AvgIpc) is 2.62. The molecule has 0 amide bonds. The molecule has 6 heteroatoms. The van der Waals surface area contributed by atoms with Gasteiger partial charge in [-0.25, -0.2) is 4.98 Å². The topological polar surface area (TPSA) is 86.2 Å². The van der Waals surface area contributed by atoms with Gasteiger partial charge >= 0.3 is 0 Å². The maximum Gasteiger partial charge on any atom is 0.138 e. The number of nitrogens with two attached hydrogens (primary N) is 1. The second-order valence-corrected chi connectivity index (χ2v) is 4.03. The van der Waals surface area contributed by atoms with Crippen LogP contribution < -0.4 is 5.73 Å². The molecule has 1 aromatic rings. The Hall–Kier alpha value is -0.980. The summed E-state index contributed by atoms with van der Waals surface area (Å²) in [6.07, 6.45) is 3.27. The van der Waals surface area contributed by atoms with Gasteiger partial charge < -0.3 is 15.6 Å². The Labute approximate surface area is 95.4 Å². The normalized spacial score (nSPS) is 15.0. The van der Waals surface area contributed by atoms with E-state index in [0.717, 1.165) is 12.2 Å². The van der Waals surface area contributed by atoms with Crippen LogP contribution in [0.15, 0.2) is 6.33 Å². The fourth-order valence-corrected chi connectivity index (χ4v) is 1.69. The van der Waals surface area contributed by atoms with Crippen molar-refractivity contribution in [2.24, 2.45) is 12.8 Å². The van der Waals surface area contributed by atoms with Gasteiger partial charge in [-0.1, -0.05) is 0 Å². The van der Waals surface area contributed by atoms with Crippen molar-refractivity contribution >= 4 is 0 Å². The van der Waals surface area contributed by atoms with Crippen molar-refractivity contribution < 1.29 is 9.84 Å². The molecule has 1 unspecified atom stereocenters. The first-order valence-corrected chi connectivity index (χ1v) is 5.35. The van der Waals surface area contributed by atoms with Crippen molar-refractivity contribution in [2.45, 2.75) is 24.9 Å². The van der Waals surface area contributed by atoms with Crippen molar-refractivity contribution in [3.05, 3.63) is 12.2 Å². The Morgan fingerprint density at radius 3 is 2.88 bits per heavy atom. The van der Waals surface area contributed by atoms with Gasteiger partial charge in [-0.3, -0.25) is 4.68 Å². The SMILES string of the molecule is COCC(O)(CCCN)Cc1ncnn1C. The summed E-state index contributed by atoms with van der Waals surface area (Å²) in [5.74, 6) is 0.747. The highest BCUT2D eigenvalue weighted by molar-refractivity contribution is 4.94. The summed E-state index contributed by atoms with van der Waals surface area (Å²) in [4.78, 5) is 4.10. The molecule has 0 aliphatic carbocycles. The molecule has 92 valence electrons. The summed E-state index contributed by atoms with van der Waals surface area (Å²) in [5.41, 5.74) is 4.54. The van der Waals surface area contributed by atoms with Gasteiger partial charge in [0.05, 0.1) is 12.2 Å². The molecule has 0 radical (unpaired) electrons. The Morgan fingerprint density at radius 1 is 1.62 bits per heavy atom. The zero-order chi connectivity index (χ0) is 12.0. The Morgan fingerprint density at radius 2 is 2.38 bits per heavy atom. The fourth-order valence-electron chi connectivity index (χ4n) is 1.69. The van der Waals surface area contributed by atoms with Crippen LogP contribution in [0.2, 0.25) is 0 Å². The van der Waals surface area contributed by atoms with Crippen LogP contribution in [0, 0.1) is 0 Å². The molecule has 0 aliphatic heterocycles. The minimum absolute atomic E-state index is 0.278. The van der Waals surface area contributed by atoms with Gasteiger partial charge in [0, 0.05) is 20.6 Å². The van der Waals surface area contributed by atoms with Crippen LogP contribution >= 0.6 is 0 Å². The maximum atomic E-state index is 10.4. The molecule has 0 spiro atoms. The van der Waals surface area contributed by atoms with E-state index in [1.54, 1.807) is 18.8 Å². The first-order chi connectivity index (χ1) is 7.61. The number of methoxy groups -OCH3 is 1. The lowest BCUT2D eigenvalue weighted by atomic mass is 9.94. The van der Waals surface area contributed by atoms with E-state index in [1.807, 2.05) is 0 Å². The lowest BCUT2D eigenvalue weighted by Crippen LogP contribution is -2.38. The second kappa shape index (κ2) is 5.93. The molecule has 1 rings (SSSR count). The van der Waals surface area contributed by atoms with E-state index in [9.17, 15) is 5.11 Å². The Balaban J connectivity index is 2.66. The van der Waals surface area contributed by atoms with Crippen molar-refractivity contribution in [1.29, 1.82) is 0 Å². The second-order valence-electron chi connectivity index (χ2n) is 4.03. The minimum atomic E-state index is -0.908. The lowest BCUT2D eigenvalue weighted by molar-refractivity contribution is -0.0393. The number of hydrogen-bond donors (Lipinski definition) is 2. The van der Waals surface area contributed by atoms with Gasteiger partial charge in [0.25, 0.3) is 0 Å². The highest BCUT2D eigenvalue weighted by Gasteiger charge is 2.28. The molecule has 6 nitrogen and oxygen atoms in total. The van der Waals surface area contributed by atoms with E-state index in [-0.39, 0.29) is 6.61 Å². The van der Waals surface area contributed by atoms with Gasteiger partial charge in [0.2, 0.25) is 0 Å². The number of nitrogens with zero attached hydrogens (tertiary/aromatic N) is 3. The molecule has 0 aliphatic rings. The van der Waals surface area contributed by atoms with Crippen LogP contribution in [0.25, 0.3) is 0 Å². The van der Waals surface area contributed by atoms with Gasteiger partial charge in [-0.15, -0.1) is 0 Å². The number of hydrogen-bond acceptors (Lipinski definition) is 5. The molecule has 1 aromatic heterocycles. The molecule has 3 N–H and O–H groups in total. The van der Waals surface area contributed by atoms with Crippen molar-refractivity contribution in [3.63, 3.8) is 0 Å². The molecule has 16 heavy (non-hydrogen) atoms. The maximum absolute atomic E-state index is 10.4. The predicted octanol–water partition coefficient (Wildman–Crippen LogP) is -0.526. The monoisotopic (exact) mass is 228 g/mol. The molecular formula is C10H20N4O2. The quantitative estimate of drug-likeness (QED) is 0.655. The number of aliphatic hydroxyl groups is 1. The summed E-state index contributed by atoms with van der Waals surface area (Å²) in [5, 5.41) is 14.3. The van der Waals surface area contributed by atoms with Gasteiger partial charge in [-0.05, 0) is 19.4 Å². The predicted molar refractivity (Wildman–Crippen MR) is 59.8 cm³/mol. The number of aryl methyl sites for hydroxylation is 1. The van der Waals surface area contributed by atoms with Crippen LogP contribution in [0.4, 0.5) is 0 Å². The molecule has 1 heterocycles. The fraction of sp³-hybridized carbons (Fsp3) is 0.800. The van der Waals surface area contributed by atoms with E-state index >= 15 is 0 Å². The standard InChI is InChI=1S/C10H20N4O2/c1-14-9(12-8-13-14)6-10(15,7-16-2)4-3-5-11/h8,15H,3-7,11H2,1-2H3. The van der Waals surface area contributed by atoms with Crippen LogP contribution in [0.3, 0.4) is 0 Å². The zero-order valence-electron chi connectivity index (χ0n) is 9.89. The first kappa shape index (κ1) is 13.1. The Bertz CT molecular complexity index is 316. The summed E-state index contributed by atoms with van der Waals surface area (Å²) in [6.45, 7) is 0.838. The van der Waals surface area contributed by atoms with Crippen LogP contribution in [-0.4, -0.2) is 45.7 Å². The summed E-state index contributed by atoms with van der Waals surface area (Å²) in [6, 6.07) is 0. The molecule has 0 saturated carbocycles. The third-order valence-electron chi connectivity index (χ3n) is 2.55. The third-order valence-corrected chi connectivity index (χ3v) is 2.55. The molecular weight excluding hydrogens is 208 g/mol. The molecule has 0 aromatic carbocycles. The Kier molecular flexibility index (Phi) is 4.85. The van der Waals surface area contributed by atoms with Gasteiger partial charge in [-0.2, -0.15) is 5.10 Å². The van der Waals surface area contributed by atoms with Crippen LogP contribution in [-0.2, 0) is 18.2 Å². The zero-order valence-corrected chi connectivity index (χ0v) is 9.89. The number of aromatic nitrogens is 3. The van der Waals surface area contributed by atoms with E-state index in [0.29, 0.717) is 19.4 Å². The summed E-state index contributed by atoms with van der Waals surface area (Å²) in [7, 11) is 3.38. The summed E-state index contributed by atoms with van der Waals surface area (Å²) < 4.78 is 6.70. The first-order valence-electron chi connectivity index (χ1n) is 5.35. The number of ether oxygens (including phenoxy) is 1. The molecule has 0 fully saturated rings. The molecule has 0 saturated heterocycles. The average molecular weight is 228 g/mol. The number of rotatable bonds is 7. The van der Waals surface area contributed by atoms with E-state index in [1.165, 1.54) is 6.33 Å². The largest absolute Gasteiger partial charge is 0.387 e. The van der Waals surface area contributed by atoms with Crippen LogP contribution in [0.1, 0.15) is 18.7 Å². The van der Waals surface area contributed by atoms with Crippen molar-refractivity contribution in [2.75, 3.05) is 20.3 Å². The van der Waals surface area contributed by atoms with E-state index < -0.39 is 5.60 Å². The third kappa shape index (κ3) is 3.55. The smallest absolute Gasteiger partial charge is 0.138 e. The minimum Gasteiger partial charge on any atom is -0.387 e. The van der Waals surface area contributed by atoms with Gasteiger partial charge in [0.1, 0.15) is 12.2 Å². The summed E-state index contributed by atoms with van der Waals surface area (Å²) >= 11 is 0. The van der Waals surface area contributed by atoms with Crippen molar-refractivity contribution in [3.8, 4) is 0 Å². The lowest BCUT2D eigenvalue weighted by Gasteiger charge is -2.26. The van der Waals surface area contributed by atoms with E-state index in [2.05, 4.69) is 10.1 Å². The highest BCUT2D eigenvalue weighted by Crippen LogP contribution is 2.18. The molecule has 1 atom stereocenters. The van der Waals surface area contributed by atoms with Gasteiger partial charge in [0.15, 0.2) is 0 Å².